The van der Waals surface area contributed by atoms with E-state index in [1.807, 2.05) is 19.3 Å². The fourth-order valence-electron chi connectivity index (χ4n) is 2.75. The molecule has 3 heterocycles. The summed E-state index contributed by atoms with van der Waals surface area (Å²) < 4.78 is 11.6. The molecule has 24 heavy (non-hydrogen) atoms. The van der Waals surface area contributed by atoms with Crippen LogP contribution >= 0.6 is 15.9 Å². The molecule has 0 aliphatic carbocycles. The van der Waals surface area contributed by atoms with Crippen LogP contribution in [0.15, 0.2) is 27.5 Å². The molecule has 1 aliphatic rings. The fraction of sp³-hybridized carbons (Fsp3) is 0.562. The number of nitrogens with zero attached hydrogens (tertiary/aromatic N) is 5. The molecule has 1 atom stereocenters. The van der Waals surface area contributed by atoms with Gasteiger partial charge >= 0.3 is 0 Å². The maximum atomic E-state index is 5.35. The van der Waals surface area contributed by atoms with Crippen molar-refractivity contribution in [1.82, 2.24) is 20.0 Å². The Morgan fingerprint density at radius 1 is 1.29 bits per heavy atom. The highest BCUT2D eigenvalue weighted by Crippen LogP contribution is 2.20. The second kappa shape index (κ2) is 8.04. The molecular formula is C16H22BrN5O2. The maximum Gasteiger partial charge on any atom is 0.240 e. The molecule has 2 aromatic rings. The third kappa shape index (κ3) is 4.31. The normalized spacial score (nSPS) is 17.7. The predicted octanol–water partition coefficient (Wildman–Crippen LogP) is 2.65. The number of hydrogen-bond donors (Lipinski definition) is 0. The van der Waals surface area contributed by atoms with E-state index in [0.29, 0.717) is 18.3 Å². The number of anilines is 1. The van der Waals surface area contributed by atoms with Crippen molar-refractivity contribution in [3.63, 3.8) is 0 Å². The fourth-order valence-corrected chi connectivity index (χ4v) is 3.11. The van der Waals surface area contributed by atoms with Crippen LogP contribution in [0.5, 0.6) is 0 Å². The van der Waals surface area contributed by atoms with E-state index in [4.69, 9.17) is 9.26 Å². The second-order valence-electron chi connectivity index (χ2n) is 5.90. The molecule has 0 bridgehead atoms. The van der Waals surface area contributed by atoms with Crippen LogP contribution in [0.25, 0.3) is 0 Å². The van der Waals surface area contributed by atoms with Gasteiger partial charge in [0.25, 0.3) is 0 Å². The van der Waals surface area contributed by atoms with Crippen molar-refractivity contribution in [3.05, 3.63) is 34.6 Å². The first-order valence-electron chi connectivity index (χ1n) is 8.09. The number of rotatable bonds is 5. The van der Waals surface area contributed by atoms with E-state index >= 15 is 0 Å². The molecule has 0 spiro atoms. The summed E-state index contributed by atoms with van der Waals surface area (Å²) in [4.78, 5) is 13.4. The van der Waals surface area contributed by atoms with Gasteiger partial charge in [-0.25, -0.2) is 0 Å². The molecule has 0 aromatic carbocycles. The van der Waals surface area contributed by atoms with Gasteiger partial charge in [-0.1, -0.05) is 5.16 Å². The van der Waals surface area contributed by atoms with Gasteiger partial charge in [0.1, 0.15) is 6.10 Å². The van der Waals surface area contributed by atoms with Crippen LogP contribution in [0.2, 0.25) is 0 Å². The van der Waals surface area contributed by atoms with Crippen LogP contribution in [-0.4, -0.2) is 53.3 Å². The van der Waals surface area contributed by atoms with E-state index < -0.39 is 0 Å². The first-order valence-corrected chi connectivity index (χ1v) is 8.88. The Hall–Kier alpha value is -1.51. The summed E-state index contributed by atoms with van der Waals surface area (Å²) in [5.74, 6) is 1.25. The van der Waals surface area contributed by atoms with E-state index in [1.54, 1.807) is 7.11 Å². The Labute approximate surface area is 150 Å². The molecule has 2 aromatic heterocycles. The molecule has 1 aliphatic heterocycles. The third-order valence-electron chi connectivity index (χ3n) is 4.20. The molecule has 1 fully saturated rings. The lowest BCUT2D eigenvalue weighted by atomic mass is 10.3. The summed E-state index contributed by atoms with van der Waals surface area (Å²) in [5.41, 5.74) is 1.15. The highest BCUT2D eigenvalue weighted by atomic mass is 79.9. The molecule has 3 rings (SSSR count). The van der Waals surface area contributed by atoms with Crippen molar-refractivity contribution in [2.75, 3.05) is 38.2 Å². The van der Waals surface area contributed by atoms with Gasteiger partial charge in [0, 0.05) is 44.0 Å². The molecule has 8 heteroatoms. The summed E-state index contributed by atoms with van der Waals surface area (Å²) in [6.45, 7) is 6.51. The largest absolute Gasteiger partial charge is 0.374 e. The average Bonchev–Trinajstić information content (AvgIpc) is 2.92. The van der Waals surface area contributed by atoms with Gasteiger partial charge in [-0.15, -0.1) is 0 Å². The molecule has 1 saturated heterocycles. The van der Waals surface area contributed by atoms with Crippen LogP contribution in [-0.2, 0) is 11.3 Å². The van der Waals surface area contributed by atoms with E-state index in [0.717, 1.165) is 42.8 Å². The summed E-state index contributed by atoms with van der Waals surface area (Å²) in [6.07, 6.45) is 4.66. The summed E-state index contributed by atoms with van der Waals surface area (Å²) >= 11 is 3.49. The van der Waals surface area contributed by atoms with Gasteiger partial charge in [-0.05, 0) is 35.3 Å². The van der Waals surface area contributed by atoms with Crippen molar-refractivity contribution < 1.29 is 9.26 Å². The summed E-state index contributed by atoms with van der Waals surface area (Å²) in [7, 11) is 1.64. The van der Waals surface area contributed by atoms with E-state index in [1.165, 1.54) is 0 Å². The SMILES string of the molecule is COC(C)c1noc(CN2CCCN(c3cncc(Br)c3)CC2)n1. The smallest absolute Gasteiger partial charge is 0.240 e. The quantitative estimate of drug-likeness (QED) is 0.770. The predicted molar refractivity (Wildman–Crippen MR) is 93.8 cm³/mol. The molecule has 0 saturated carbocycles. The number of pyridine rings is 1. The first-order chi connectivity index (χ1) is 11.7. The van der Waals surface area contributed by atoms with Crippen molar-refractivity contribution >= 4 is 21.6 Å². The van der Waals surface area contributed by atoms with E-state index in [9.17, 15) is 0 Å². The Morgan fingerprint density at radius 3 is 2.96 bits per heavy atom. The van der Waals surface area contributed by atoms with Gasteiger partial charge in [0.2, 0.25) is 5.89 Å². The van der Waals surface area contributed by atoms with Crippen molar-refractivity contribution in [2.24, 2.45) is 0 Å². The standard InChI is InChI=1S/C16H22BrN5O2/c1-12(23-2)16-19-15(24-20-16)11-21-4-3-5-22(7-6-21)14-8-13(17)9-18-10-14/h8-10,12H,3-7,11H2,1-2H3. The van der Waals surface area contributed by atoms with Crippen LogP contribution in [0.1, 0.15) is 31.2 Å². The molecule has 0 amide bonds. The number of aromatic nitrogens is 3. The minimum Gasteiger partial charge on any atom is -0.374 e. The number of halogens is 1. The Balaban J connectivity index is 1.58. The van der Waals surface area contributed by atoms with E-state index in [-0.39, 0.29) is 6.10 Å². The lowest BCUT2D eigenvalue weighted by molar-refractivity contribution is 0.109. The van der Waals surface area contributed by atoms with E-state index in [2.05, 4.69) is 46.9 Å². The van der Waals surface area contributed by atoms with Crippen LogP contribution in [0, 0.1) is 0 Å². The van der Waals surface area contributed by atoms with Crippen molar-refractivity contribution in [1.29, 1.82) is 0 Å². The van der Waals surface area contributed by atoms with Crippen LogP contribution in [0.4, 0.5) is 5.69 Å². The van der Waals surface area contributed by atoms with Gasteiger partial charge < -0.3 is 14.2 Å². The van der Waals surface area contributed by atoms with Gasteiger partial charge in [0.15, 0.2) is 5.82 Å². The molecule has 1 unspecified atom stereocenters. The highest BCUT2D eigenvalue weighted by Gasteiger charge is 2.19. The minimum atomic E-state index is -0.147. The molecule has 0 N–H and O–H groups in total. The molecule has 7 nitrogen and oxygen atoms in total. The number of hydrogen-bond acceptors (Lipinski definition) is 7. The van der Waals surface area contributed by atoms with Gasteiger partial charge in [-0.2, -0.15) is 4.98 Å². The highest BCUT2D eigenvalue weighted by molar-refractivity contribution is 9.10. The Bertz CT molecular complexity index is 665. The zero-order chi connectivity index (χ0) is 16.9. The summed E-state index contributed by atoms with van der Waals surface area (Å²) in [5, 5.41) is 3.99. The second-order valence-corrected chi connectivity index (χ2v) is 6.82. The average molecular weight is 396 g/mol. The minimum absolute atomic E-state index is 0.147. The lowest BCUT2D eigenvalue weighted by Crippen LogP contribution is -2.30. The zero-order valence-electron chi connectivity index (χ0n) is 14.0. The Morgan fingerprint density at radius 2 is 2.17 bits per heavy atom. The topological polar surface area (TPSA) is 67.5 Å². The number of ether oxygens (including phenoxy) is 1. The maximum absolute atomic E-state index is 5.35. The van der Waals surface area contributed by atoms with Gasteiger partial charge in [0.05, 0.1) is 18.4 Å². The summed E-state index contributed by atoms with van der Waals surface area (Å²) in [6, 6.07) is 2.11. The lowest BCUT2D eigenvalue weighted by Gasteiger charge is -2.23. The monoisotopic (exact) mass is 395 g/mol. The van der Waals surface area contributed by atoms with Crippen molar-refractivity contribution in [3.8, 4) is 0 Å². The van der Waals surface area contributed by atoms with Gasteiger partial charge in [-0.3, -0.25) is 9.88 Å². The molecule has 130 valence electrons. The van der Waals surface area contributed by atoms with Crippen molar-refractivity contribution in [2.45, 2.75) is 26.0 Å². The van der Waals surface area contributed by atoms with Crippen LogP contribution in [0.3, 0.4) is 0 Å². The number of methoxy groups -OCH3 is 1. The molecule has 0 radical (unpaired) electrons. The zero-order valence-corrected chi connectivity index (χ0v) is 15.6. The van der Waals surface area contributed by atoms with Crippen LogP contribution < -0.4 is 4.90 Å². The first kappa shape index (κ1) is 17.3. The third-order valence-corrected chi connectivity index (χ3v) is 4.64. The Kier molecular flexibility index (Phi) is 5.80. The molecular weight excluding hydrogens is 374 g/mol.